The molecule has 4 atom stereocenters. The molecule has 2 aliphatic rings. The summed E-state index contributed by atoms with van der Waals surface area (Å²) in [5.41, 5.74) is 1.17. The highest BCUT2D eigenvalue weighted by atomic mass is 35.5. The summed E-state index contributed by atoms with van der Waals surface area (Å²) in [5, 5.41) is 4.40. The summed E-state index contributed by atoms with van der Waals surface area (Å²) >= 11 is 5.89. The minimum absolute atomic E-state index is 0.538. The number of nitrogens with one attached hydrogen (secondary N) is 1. The van der Waals surface area contributed by atoms with Crippen LogP contribution in [-0.4, -0.2) is 6.04 Å². The van der Waals surface area contributed by atoms with Gasteiger partial charge in [0.2, 0.25) is 0 Å². The topological polar surface area (TPSA) is 12.0 Å². The monoisotopic (exact) mass is 247 g/mol. The largest absolute Gasteiger partial charge is 0.382 e. The first-order valence-electron chi connectivity index (χ1n) is 6.43. The second-order valence-electron chi connectivity index (χ2n) is 5.38. The van der Waals surface area contributed by atoms with Crippen molar-refractivity contribution in [2.24, 2.45) is 17.8 Å². The normalized spacial score (nSPS) is 31.8. The summed E-state index contributed by atoms with van der Waals surface area (Å²) in [7, 11) is 0. The molecule has 2 aliphatic carbocycles. The van der Waals surface area contributed by atoms with Crippen LogP contribution in [0.25, 0.3) is 0 Å². The molecule has 0 aliphatic heterocycles. The van der Waals surface area contributed by atoms with E-state index in [0.29, 0.717) is 6.04 Å². The molecule has 0 saturated heterocycles. The van der Waals surface area contributed by atoms with Crippen LogP contribution in [0.1, 0.15) is 19.8 Å². The molecule has 3 rings (SSSR count). The maximum atomic E-state index is 5.89. The van der Waals surface area contributed by atoms with Crippen LogP contribution < -0.4 is 5.32 Å². The van der Waals surface area contributed by atoms with Gasteiger partial charge < -0.3 is 5.32 Å². The Kier molecular flexibility index (Phi) is 2.87. The summed E-state index contributed by atoms with van der Waals surface area (Å²) in [4.78, 5) is 0. The van der Waals surface area contributed by atoms with Gasteiger partial charge in [0.15, 0.2) is 0 Å². The summed E-state index contributed by atoms with van der Waals surface area (Å²) in [6, 6.07) is 8.54. The summed E-state index contributed by atoms with van der Waals surface area (Å²) < 4.78 is 0. The maximum absolute atomic E-state index is 5.89. The molecule has 2 heteroatoms. The van der Waals surface area contributed by atoms with E-state index in [2.05, 4.69) is 36.5 Å². The van der Waals surface area contributed by atoms with Crippen LogP contribution in [-0.2, 0) is 0 Å². The maximum Gasteiger partial charge on any atom is 0.0407 e. The highest BCUT2D eigenvalue weighted by molar-refractivity contribution is 6.30. The van der Waals surface area contributed by atoms with E-state index < -0.39 is 0 Å². The van der Waals surface area contributed by atoms with Gasteiger partial charge in [-0.05, 0) is 61.8 Å². The highest BCUT2D eigenvalue weighted by Gasteiger charge is 2.38. The van der Waals surface area contributed by atoms with Crippen LogP contribution >= 0.6 is 11.6 Å². The van der Waals surface area contributed by atoms with Crippen molar-refractivity contribution in [1.29, 1.82) is 0 Å². The van der Waals surface area contributed by atoms with E-state index in [0.717, 1.165) is 22.8 Å². The predicted molar refractivity (Wildman–Crippen MR) is 73.4 cm³/mol. The van der Waals surface area contributed by atoms with Crippen LogP contribution in [0.2, 0.25) is 5.02 Å². The van der Waals surface area contributed by atoms with Crippen LogP contribution in [0.4, 0.5) is 5.69 Å². The highest BCUT2D eigenvalue weighted by Crippen LogP contribution is 2.45. The van der Waals surface area contributed by atoms with Crippen molar-refractivity contribution in [3.05, 3.63) is 41.4 Å². The van der Waals surface area contributed by atoms with Crippen molar-refractivity contribution in [3.8, 4) is 0 Å². The Morgan fingerprint density at radius 2 is 1.94 bits per heavy atom. The first-order chi connectivity index (χ1) is 8.22. The number of hydrogen-bond donors (Lipinski definition) is 1. The molecule has 17 heavy (non-hydrogen) atoms. The van der Waals surface area contributed by atoms with Crippen molar-refractivity contribution >= 4 is 17.3 Å². The molecule has 0 radical (unpaired) electrons. The van der Waals surface area contributed by atoms with Gasteiger partial charge in [-0.1, -0.05) is 23.8 Å². The second kappa shape index (κ2) is 4.38. The van der Waals surface area contributed by atoms with Crippen molar-refractivity contribution in [2.45, 2.75) is 25.8 Å². The minimum atomic E-state index is 0.538. The fourth-order valence-corrected chi connectivity index (χ4v) is 3.44. The molecular formula is C15H18ClN. The number of rotatable bonds is 3. The van der Waals surface area contributed by atoms with Crippen molar-refractivity contribution in [2.75, 3.05) is 5.32 Å². The summed E-state index contributed by atoms with van der Waals surface area (Å²) in [6.07, 6.45) is 7.54. The van der Waals surface area contributed by atoms with Crippen molar-refractivity contribution in [3.63, 3.8) is 0 Å². The average Bonchev–Trinajstić information content (AvgIpc) is 2.94. The molecule has 1 nitrogen and oxygen atoms in total. The first kappa shape index (κ1) is 11.2. The molecule has 1 N–H and O–H groups in total. The third-order valence-corrected chi connectivity index (χ3v) is 4.46. The van der Waals surface area contributed by atoms with E-state index in [1.165, 1.54) is 18.5 Å². The van der Waals surface area contributed by atoms with Gasteiger partial charge in [0.05, 0.1) is 0 Å². The molecule has 0 aromatic heterocycles. The standard InChI is InChI=1S/C15H18ClN/c1-10(15-9-11-2-3-12(15)8-11)17-14-6-4-13(16)5-7-14/h2-7,10-12,15,17H,8-9H2,1H3. The van der Waals surface area contributed by atoms with E-state index in [9.17, 15) is 0 Å². The van der Waals surface area contributed by atoms with Gasteiger partial charge in [-0.25, -0.2) is 0 Å². The molecule has 0 heterocycles. The summed E-state index contributed by atoms with van der Waals surface area (Å²) in [5.74, 6) is 2.44. The first-order valence-corrected chi connectivity index (χ1v) is 6.80. The van der Waals surface area contributed by atoms with E-state index in [-0.39, 0.29) is 0 Å². The van der Waals surface area contributed by atoms with Gasteiger partial charge in [0.1, 0.15) is 0 Å². The zero-order chi connectivity index (χ0) is 11.8. The number of anilines is 1. The molecule has 1 saturated carbocycles. The third-order valence-electron chi connectivity index (χ3n) is 4.21. The van der Waals surface area contributed by atoms with Crippen LogP contribution in [0, 0.1) is 17.8 Å². The molecule has 2 bridgehead atoms. The van der Waals surface area contributed by atoms with Gasteiger partial charge in [-0.2, -0.15) is 0 Å². The fourth-order valence-electron chi connectivity index (χ4n) is 3.31. The Hall–Kier alpha value is -0.950. The molecule has 1 aromatic rings. The van der Waals surface area contributed by atoms with Crippen molar-refractivity contribution < 1.29 is 0 Å². The van der Waals surface area contributed by atoms with Gasteiger partial charge in [-0.3, -0.25) is 0 Å². The lowest BCUT2D eigenvalue weighted by atomic mass is 9.87. The Morgan fingerprint density at radius 1 is 1.18 bits per heavy atom. The van der Waals surface area contributed by atoms with Gasteiger partial charge in [0.25, 0.3) is 0 Å². The second-order valence-corrected chi connectivity index (χ2v) is 5.82. The zero-order valence-electron chi connectivity index (χ0n) is 10.1. The Morgan fingerprint density at radius 3 is 2.53 bits per heavy atom. The molecule has 0 amide bonds. The lowest BCUT2D eigenvalue weighted by Crippen LogP contribution is -2.28. The number of hydrogen-bond acceptors (Lipinski definition) is 1. The molecule has 1 fully saturated rings. The van der Waals surface area contributed by atoms with E-state index in [4.69, 9.17) is 11.6 Å². The van der Waals surface area contributed by atoms with E-state index >= 15 is 0 Å². The molecule has 1 aromatic carbocycles. The number of allylic oxidation sites excluding steroid dienone is 2. The fraction of sp³-hybridized carbons (Fsp3) is 0.467. The zero-order valence-corrected chi connectivity index (χ0v) is 10.8. The Bertz CT molecular complexity index is 423. The minimum Gasteiger partial charge on any atom is -0.382 e. The number of benzene rings is 1. The lowest BCUT2D eigenvalue weighted by Gasteiger charge is -2.27. The number of fused-ring (bicyclic) bond motifs is 2. The van der Waals surface area contributed by atoms with Gasteiger partial charge in [0, 0.05) is 16.8 Å². The van der Waals surface area contributed by atoms with Crippen LogP contribution in [0.15, 0.2) is 36.4 Å². The van der Waals surface area contributed by atoms with Gasteiger partial charge >= 0.3 is 0 Å². The van der Waals surface area contributed by atoms with Gasteiger partial charge in [-0.15, -0.1) is 0 Å². The Balaban J connectivity index is 1.65. The third kappa shape index (κ3) is 2.21. The quantitative estimate of drug-likeness (QED) is 0.783. The van der Waals surface area contributed by atoms with E-state index in [1.807, 2.05) is 12.1 Å². The lowest BCUT2D eigenvalue weighted by molar-refractivity contribution is 0.400. The van der Waals surface area contributed by atoms with Crippen molar-refractivity contribution in [1.82, 2.24) is 0 Å². The molecule has 0 spiro atoms. The van der Waals surface area contributed by atoms with E-state index in [1.54, 1.807) is 0 Å². The molecule has 90 valence electrons. The molecular weight excluding hydrogens is 230 g/mol. The average molecular weight is 248 g/mol. The van der Waals surface area contributed by atoms with Crippen LogP contribution in [0.5, 0.6) is 0 Å². The Labute approximate surface area is 108 Å². The van der Waals surface area contributed by atoms with Crippen LogP contribution in [0.3, 0.4) is 0 Å². The smallest absolute Gasteiger partial charge is 0.0407 e. The molecule has 4 unspecified atom stereocenters. The summed E-state index contributed by atoms with van der Waals surface area (Å²) in [6.45, 7) is 2.30. The number of halogens is 1. The SMILES string of the molecule is CC(Nc1ccc(Cl)cc1)C1CC2C=CC1C2. The predicted octanol–water partition coefficient (Wildman–Crippen LogP) is 4.35.